The second kappa shape index (κ2) is 9.54. The summed E-state index contributed by atoms with van der Waals surface area (Å²) in [4.78, 5) is 17.0. The van der Waals surface area contributed by atoms with Crippen molar-refractivity contribution in [2.45, 2.75) is 25.3 Å². The third kappa shape index (κ3) is 5.55. The molecule has 0 unspecified atom stereocenters. The summed E-state index contributed by atoms with van der Waals surface area (Å²) in [5, 5.41) is 4.11. The van der Waals surface area contributed by atoms with Crippen LogP contribution in [0.2, 0.25) is 5.02 Å². The highest BCUT2D eigenvalue weighted by atomic mass is 35.5. The molecule has 174 valence electrons. The Morgan fingerprint density at radius 2 is 1.85 bits per heavy atom. The minimum atomic E-state index is -3.88. The summed E-state index contributed by atoms with van der Waals surface area (Å²) >= 11 is 6.29. The topological polar surface area (TPSA) is 95.8 Å². The van der Waals surface area contributed by atoms with Crippen molar-refractivity contribution in [1.29, 1.82) is 0 Å². The number of anilines is 1. The van der Waals surface area contributed by atoms with Crippen LogP contribution in [0.15, 0.2) is 57.9 Å². The van der Waals surface area contributed by atoms with Crippen LogP contribution in [-0.4, -0.2) is 55.5 Å². The highest BCUT2D eigenvalue weighted by molar-refractivity contribution is 7.92. The zero-order chi connectivity index (χ0) is 23.6. The molecular weight excluding hydrogens is 464 g/mol. The highest BCUT2D eigenvalue weighted by Gasteiger charge is 2.26. The lowest BCUT2D eigenvalue weighted by atomic mass is 10.1. The van der Waals surface area contributed by atoms with Crippen LogP contribution in [0.3, 0.4) is 0 Å². The standard InChI is InChI=1S/C23H25ClN4O4S/c1-16-4-3-5-18(12-16)26-33(30,31)20-6-7-22(24)21(14-20)23(29)28-10-8-27(9-11-28)15-19-13-17(2)25-32-19/h3-7,12-14,26H,8-11,15H2,1-2H3. The molecule has 1 fully saturated rings. The Morgan fingerprint density at radius 3 is 2.52 bits per heavy atom. The third-order valence-corrected chi connectivity index (χ3v) is 7.17. The van der Waals surface area contributed by atoms with E-state index in [2.05, 4.69) is 14.8 Å². The normalized spacial score (nSPS) is 14.9. The van der Waals surface area contributed by atoms with Gasteiger partial charge in [-0.25, -0.2) is 8.42 Å². The number of halogens is 1. The van der Waals surface area contributed by atoms with Gasteiger partial charge in [-0.2, -0.15) is 0 Å². The third-order valence-electron chi connectivity index (χ3n) is 5.46. The lowest BCUT2D eigenvalue weighted by molar-refractivity contribution is 0.0617. The van der Waals surface area contributed by atoms with E-state index in [4.69, 9.17) is 16.1 Å². The average molecular weight is 489 g/mol. The highest BCUT2D eigenvalue weighted by Crippen LogP contribution is 2.25. The van der Waals surface area contributed by atoms with Gasteiger partial charge >= 0.3 is 0 Å². The summed E-state index contributed by atoms with van der Waals surface area (Å²) in [6.45, 7) is 6.71. The number of hydrogen-bond donors (Lipinski definition) is 1. The van der Waals surface area contributed by atoms with Crippen LogP contribution in [0.4, 0.5) is 5.69 Å². The van der Waals surface area contributed by atoms with Gasteiger partial charge in [0.25, 0.3) is 15.9 Å². The smallest absolute Gasteiger partial charge is 0.261 e. The first kappa shape index (κ1) is 23.3. The van der Waals surface area contributed by atoms with Gasteiger partial charge in [-0.05, 0) is 49.7 Å². The lowest BCUT2D eigenvalue weighted by Gasteiger charge is -2.34. The molecule has 2 heterocycles. The Balaban J connectivity index is 1.45. The number of aromatic nitrogens is 1. The molecular formula is C23H25ClN4O4S. The van der Waals surface area contributed by atoms with Gasteiger partial charge in [0, 0.05) is 37.9 Å². The van der Waals surface area contributed by atoms with E-state index in [9.17, 15) is 13.2 Å². The molecule has 2 aromatic carbocycles. The van der Waals surface area contributed by atoms with Crippen molar-refractivity contribution in [1.82, 2.24) is 15.0 Å². The van der Waals surface area contributed by atoms with Crippen molar-refractivity contribution in [3.63, 3.8) is 0 Å². The van der Waals surface area contributed by atoms with Gasteiger partial charge in [0.2, 0.25) is 0 Å². The van der Waals surface area contributed by atoms with Gasteiger partial charge in [0.05, 0.1) is 27.7 Å². The van der Waals surface area contributed by atoms with Crippen molar-refractivity contribution >= 4 is 33.2 Å². The number of hydrogen-bond acceptors (Lipinski definition) is 6. The van der Waals surface area contributed by atoms with E-state index < -0.39 is 10.0 Å². The van der Waals surface area contributed by atoms with E-state index in [1.165, 1.54) is 18.2 Å². The summed E-state index contributed by atoms with van der Waals surface area (Å²) in [6.07, 6.45) is 0. The molecule has 8 nitrogen and oxygen atoms in total. The second-order valence-corrected chi connectivity index (χ2v) is 10.2. The minimum absolute atomic E-state index is 0.0175. The number of sulfonamides is 1. The quantitative estimate of drug-likeness (QED) is 0.568. The number of nitrogens with one attached hydrogen (secondary N) is 1. The fourth-order valence-electron chi connectivity index (χ4n) is 3.75. The van der Waals surface area contributed by atoms with Gasteiger partial charge in [-0.1, -0.05) is 28.9 Å². The van der Waals surface area contributed by atoms with Crippen LogP contribution in [0.1, 0.15) is 27.4 Å². The van der Waals surface area contributed by atoms with E-state index >= 15 is 0 Å². The first-order chi connectivity index (χ1) is 15.7. The molecule has 4 rings (SSSR count). The van der Waals surface area contributed by atoms with Crippen LogP contribution >= 0.6 is 11.6 Å². The van der Waals surface area contributed by atoms with Crippen LogP contribution in [0.5, 0.6) is 0 Å². The van der Waals surface area contributed by atoms with Gasteiger partial charge in [0.15, 0.2) is 5.76 Å². The summed E-state index contributed by atoms with van der Waals surface area (Å²) in [5.41, 5.74) is 2.39. The molecule has 0 bridgehead atoms. The van der Waals surface area contributed by atoms with Crippen LogP contribution in [-0.2, 0) is 16.6 Å². The van der Waals surface area contributed by atoms with Crippen molar-refractivity contribution in [3.05, 3.63) is 76.1 Å². The molecule has 0 radical (unpaired) electrons. The predicted molar refractivity (Wildman–Crippen MR) is 126 cm³/mol. The maximum Gasteiger partial charge on any atom is 0.261 e. The largest absolute Gasteiger partial charge is 0.360 e. The predicted octanol–water partition coefficient (Wildman–Crippen LogP) is 3.70. The number of carbonyl (C=O) groups is 1. The molecule has 3 aromatic rings. The number of rotatable bonds is 6. The first-order valence-electron chi connectivity index (χ1n) is 10.5. The van der Waals surface area contributed by atoms with Crippen molar-refractivity contribution in [2.24, 2.45) is 0 Å². The average Bonchev–Trinajstić information content (AvgIpc) is 3.18. The Kier molecular flexibility index (Phi) is 6.73. The summed E-state index contributed by atoms with van der Waals surface area (Å²) in [7, 11) is -3.88. The molecule has 1 saturated heterocycles. The van der Waals surface area contributed by atoms with Crippen molar-refractivity contribution in [2.75, 3.05) is 30.9 Å². The monoisotopic (exact) mass is 488 g/mol. The minimum Gasteiger partial charge on any atom is -0.360 e. The summed E-state index contributed by atoms with van der Waals surface area (Å²) in [5.74, 6) is 0.497. The van der Waals surface area contributed by atoms with Crippen molar-refractivity contribution < 1.29 is 17.7 Å². The Morgan fingerprint density at radius 1 is 1.09 bits per heavy atom. The Hall–Kier alpha value is -2.88. The molecule has 1 aromatic heterocycles. The molecule has 10 heteroatoms. The zero-order valence-corrected chi connectivity index (χ0v) is 20.0. The van der Waals surface area contributed by atoms with Gasteiger partial charge < -0.3 is 9.42 Å². The Bertz CT molecular complexity index is 1270. The summed E-state index contributed by atoms with van der Waals surface area (Å²) < 4.78 is 33.6. The fourth-order valence-corrected chi connectivity index (χ4v) is 5.02. The molecule has 0 aliphatic carbocycles. The molecule has 1 N–H and O–H groups in total. The number of benzene rings is 2. The molecule has 1 amide bonds. The fraction of sp³-hybridized carbons (Fsp3) is 0.304. The Labute approximate surface area is 198 Å². The number of aryl methyl sites for hydroxylation is 2. The molecule has 0 spiro atoms. The number of amides is 1. The SMILES string of the molecule is Cc1cccc(NS(=O)(=O)c2ccc(Cl)c(C(=O)N3CCN(Cc4cc(C)no4)CC3)c2)c1. The van der Waals surface area contributed by atoms with Gasteiger partial charge in [-0.15, -0.1) is 0 Å². The van der Waals surface area contributed by atoms with Crippen LogP contribution in [0.25, 0.3) is 0 Å². The lowest BCUT2D eigenvalue weighted by Crippen LogP contribution is -2.48. The second-order valence-electron chi connectivity index (χ2n) is 8.12. The summed E-state index contributed by atoms with van der Waals surface area (Å²) in [6, 6.07) is 13.1. The van der Waals surface area contributed by atoms with E-state index in [0.717, 1.165) is 17.0 Å². The number of nitrogens with zero attached hydrogens (tertiary/aromatic N) is 3. The van der Waals surface area contributed by atoms with Gasteiger partial charge in [-0.3, -0.25) is 14.4 Å². The molecule has 0 saturated carbocycles. The molecule has 1 aliphatic rings. The van der Waals surface area contributed by atoms with Crippen LogP contribution in [0, 0.1) is 13.8 Å². The first-order valence-corrected chi connectivity index (χ1v) is 12.4. The molecule has 1 aliphatic heterocycles. The number of piperazine rings is 1. The molecule has 33 heavy (non-hydrogen) atoms. The van der Waals surface area contributed by atoms with E-state index in [1.807, 2.05) is 26.0 Å². The van der Waals surface area contributed by atoms with Crippen molar-refractivity contribution in [3.8, 4) is 0 Å². The van der Waals surface area contributed by atoms with E-state index in [1.54, 1.807) is 23.1 Å². The maximum atomic E-state index is 13.2. The van der Waals surface area contributed by atoms with E-state index in [0.29, 0.717) is 38.4 Å². The number of carbonyl (C=O) groups excluding carboxylic acids is 1. The zero-order valence-electron chi connectivity index (χ0n) is 18.4. The maximum absolute atomic E-state index is 13.2. The molecule has 0 atom stereocenters. The van der Waals surface area contributed by atoms with E-state index in [-0.39, 0.29) is 21.4 Å². The van der Waals surface area contributed by atoms with Gasteiger partial charge in [0.1, 0.15) is 0 Å². The van der Waals surface area contributed by atoms with Crippen LogP contribution < -0.4 is 4.72 Å².